The van der Waals surface area contributed by atoms with Crippen LogP contribution in [0.15, 0.2) is 24.3 Å². The number of likely N-dealkylation sites (tertiary alicyclic amines) is 1. The number of nitrogens with zero attached hydrogens (tertiary/aromatic N) is 1. The lowest BCUT2D eigenvalue weighted by Crippen LogP contribution is -2.38. The van der Waals surface area contributed by atoms with Gasteiger partial charge >= 0.3 is 0 Å². The van der Waals surface area contributed by atoms with Crippen molar-refractivity contribution in [2.75, 3.05) is 18.8 Å². The summed E-state index contributed by atoms with van der Waals surface area (Å²) in [6.07, 6.45) is 2.42. The highest BCUT2D eigenvalue weighted by Crippen LogP contribution is 2.50. The molecule has 1 aromatic rings. The summed E-state index contributed by atoms with van der Waals surface area (Å²) in [5.74, 6) is -0.371. The molecule has 2 amide bonds. The Morgan fingerprint density at radius 1 is 1.20 bits per heavy atom. The maximum atomic E-state index is 12.7. The molecule has 3 rings (SSSR count). The number of benzene rings is 1. The molecule has 1 unspecified atom stereocenters. The predicted octanol–water partition coefficient (Wildman–Crippen LogP) is 0.634. The monoisotopic (exact) mass is 273 g/mol. The van der Waals surface area contributed by atoms with Gasteiger partial charge in [-0.2, -0.15) is 0 Å². The molecule has 0 bridgehead atoms. The van der Waals surface area contributed by atoms with Gasteiger partial charge in [0.1, 0.15) is 0 Å². The summed E-state index contributed by atoms with van der Waals surface area (Å²) in [4.78, 5) is 25.7. The van der Waals surface area contributed by atoms with Crippen LogP contribution in [0, 0.1) is 5.92 Å². The highest BCUT2D eigenvalue weighted by Gasteiger charge is 2.53. The molecule has 1 aliphatic carbocycles. The summed E-state index contributed by atoms with van der Waals surface area (Å²) in [6, 6.07) is 7.53. The molecule has 1 aliphatic heterocycles. The first-order chi connectivity index (χ1) is 9.53. The van der Waals surface area contributed by atoms with Crippen molar-refractivity contribution in [3.8, 4) is 0 Å². The van der Waals surface area contributed by atoms with Gasteiger partial charge in [-0.25, -0.2) is 0 Å². The molecule has 106 valence electrons. The SMILES string of the molecule is NC(=O)C1CCN(C(=O)C2(c3ccc(N)cc3)CC2)C1. The molecule has 2 aliphatic rings. The third-order valence-electron chi connectivity index (χ3n) is 4.50. The second kappa shape index (κ2) is 4.51. The summed E-state index contributed by atoms with van der Waals surface area (Å²) < 4.78 is 0. The Labute approximate surface area is 117 Å². The molecule has 1 saturated heterocycles. The van der Waals surface area contributed by atoms with E-state index >= 15 is 0 Å². The molecule has 4 N–H and O–H groups in total. The van der Waals surface area contributed by atoms with Gasteiger partial charge in [0.05, 0.1) is 11.3 Å². The lowest BCUT2D eigenvalue weighted by molar-refractivity contribution is -0.133. The van der Waals surface area contributed by atoms with E-state index in [9.17, 15) is 9.59 Å². The van der Waals surface area contributed by atoms with Gasteiger partial charge in [-0.1, -0.05) is 12.1 Å². The zero-order valence-corrected chi connectivity index (χ0v) is 11.3. The molecule has 1 heterocycles. The molecule has 0 radical (unpaired) electrons. The number of nitrogen functional groups attached to an aromatic ring is 1. The second-order valence-corrected chi connectivity index (χ2v) is 5.84. The van der Waals surface area contributed by atoms with Crippen LogP contribution in [0.5, 0.6) is 0 Å². The topological polar surface area (TPSA) is 89.4 Å². The fourth-order valence-electron chi connectivity index (χ4n) is 3.03. The molecule has 0 aromatic heterocycles. The molecule has 20 heavy (non-hydrogen) atoms. The molecule has 1 saturated carbocycles. The minimum Gasteiger partial charge on any atom is -0.399 e. The maximum Gasteiger partial charge on any atom is 0.233 e. The van der Waals surface area contributed by atoms with Crippen LogP contribution in [0.4, 0.5) is 5.69 Å². The third kappa shape index (κ3) is 2.03. The minimum atomic E-state index is -0.389. The number of anilines is 1. The van der Waals surface area contributed by atoms with E-state index in [0.717, 1.165) is 18.4 Å². The third-order valence-corrected chi connectivity index (χ3v) is 4.50. The summed E-state index contributed by atoms with van der Waals surface area (Å²) >= 11 is 0. The normalized spacial score (nSPS) is 23.6. The van der Waals surface area contributed by atoms with Crippen molar-refractivity contribution in [1.29, 1.82) is 0 Å². The van der Waals surface area contributed by atoms with E-state index in [2.05, 4.69) is 0 Å². The highest BCUT2D eigenvalue weighted by atomic mass is 16.2. The van der Waals surface area contributed by atoms with Crippen LogP contribution in [0.1, 0.15) is 24.8 Å². The quantitative estimate of drug-likeness (QED) is 0.792. The van der Waals surface area contributed by atoms with Gasteiger partial charge in [-0.05, 0) is 37.0 Å². The average molecular weight is 273 g/mol. The summed E-state index contributed by atoms with van der Waals surface area (Å²) in [5.41, 5.74) is 12.4. The summed E-state index contributed by atoms with van der Waals surface area (Å²) in [7, 11) is 0. The van der Waals surface area contributed by atoms with Crippen LogP contribution in [-0.4, -0.2) is 29.8 Å². The summed E-state index contributed by atoms with van der Waals surface area (Å²) in [5, 5.41) is 0. The predicted molar refractivity (Wildman–Crippen MR) is 75.6 cm³/mol. The van der Waals surface area contributed by atoms with E-state index in [1.54, 1.807) is 4.90 Å². The lowest BCUT2D eigenvalue weighted by Gasteiger charge is -2.23. The number of carbonyl (C=O) groups excluding carboxylic acids is 2. The van der Waals surface area contributed by atoms with E-state index < -0.39 is 0 Å². The van der Waals surface area contributed by atoms with Crippen LogP contribution < -0.4 is 11.5 Å². The number of hydrogen-bond donors (Lipinski definition) is 2. The Morgan fingerprint density at radius 3 is 2.35 bits per heavy atom. The van der Waals surface area contributed by atoms with Gasteiger partial charge in [0.2, 0.25) is 11.8 Å². The van der Waals surface area contributed by atoms with Crippen LogP contribution >= 0.6 is 0 Å². The van der Waals surface area contributed by atoms with Gasteiger partial charge in [-0.15, -0.1) is 0 Å². The van der Waals surface area contributed by atoms with Crippen LogP contribution in [0.25, 0.3) is 0 Å². The first-order valence-corrected chi connectivity index (χ1v) is 6.98. The van der Waals surface area contributed by atoms with E-state index in [4.69, 9.17) is 11.5 Å². The van der Waals surface area contributed by atoms with Gasteiger partial charge in [0.15, 0.2) is 0 Å². The van der Waals surface area contributed by atoms with Gasteiger partial charge in [0, 0.05) is 18.8 Å². The van der Waals surface area contributed by atoms with Crippen LogP contribution in [0.3, 0.4) is 0 Å². The van der Waals surface area contributed by atoms with Gasteiger partial charge in [0.25, 0.3) is 0 Å². The number of primary amides is 1. The van der Waals surface area contributed by atoms with Crippen molar-refractivity contribution < 1.29 is 9.59 Å². The zero-order chi connectivity index (χ0) is 14.3. The van der Waals surface area contributed by atoms with Crippen LogP contribution in [0.2, 0.25) is 0 Å². The first kappa shape index (κ1) is 13.0. The standard InChI is InChI=1S/C15H19N3O2/c16-12-3-1-11(2-4-12)15(6-7-15)14(20)18-8-5-10(9-18)13(17)19/h1-4,10H,5-9,16H2,(H2,17,19). The van der Waals surface area contributed by atoms with Gasteiger partial charge in [-0.3, -0.25) is 9.59 Å². The van der Waals surface area contributed by atoms with Crippen molar-refractivity contribution >= 4 is 17.5 Å². The Balaban J connectivity index is 1.77. The Bertz CT molecular complexity index is 549. The Morgan fingerprint density at radius 2 is 1.85 bits per heavy atom. The van der Waals surface area contributed by atoms with Crippen molar-refractivity contribution in [2.45, 2.75) is 24.7 Å². The maximum absolute atomic E-state index is 12.7. The molecule has 1 aromatic carbocycles. The first-order valence-electron chi connectivity index (χ1n) is 6.98. The van der Waals surface area contributed by atoms with E-state index in [1.165, 1.54) is 0 Å². The number of hydrogen-bond acceptors (Lipinski definition) is 3. The lowest BCUT2D eigenvalue weighted by atomic mass is 9.94. The van der Waals surface area contributed by atoms with E-state index in [1.807, 2.05) is 24.3 Å². The molecular weight excluding hydrogens is 254 g/mol. The molecular formula is C15H19N3O2. The number of amides is 2. The minimum absolute atomic E-state index is 0.131. The molecule has 5 heteroatoms. The molecule has 1 atom stereocenters. The Hall–Kier alpha value is -2.04. The number of nitrogens with two attached hydrogens (primary N) is 2. The van der Waals surface area contributed by atoms with Crippen molar-refractivity contribution in [1.82, 2.24) is 4.90 Å². The van der Waals surface area contributed by atoms with Gasteiger partial charge < -0.3 is 16.4 Å². The number of carbonyl (C=O) groups is 2. The zero-order valence-electron chi connectivity index (χ0n) is 11.3. The summed E-state index contributed by atoms with van der Waals surface area (Å²) in [6.45, 7) is 1.09. The van der Waals surface area contributed by atoms with E-state index in [0.29, 0.717) is 25.2 Å². The van der Waals surface area contributed by atoms with E-state index in [-0.39, 0.29) is 23.1 Å². The van der Waals surface area contributed by atoms with Crippen LogP contribution in [-0.2, 0) is 15.0 Å². The fourth-order valence-corrected chi connectivity index (χ4v) is 3.03. The largest absolute Gasteiger partial charge is 0.399 e. The molecule has 2 fully saturated rings. The molecule has 5 nitrogen and oxygen atoms in total. The van der Waals surface area contributed by atoms with Crippen molar-refractivity contribution in [2.24, 2.45) is 11.7 Å². The smallest absolute Gasteiger partial charge is 0.233 e. The molecule has 0 spiro atoms. The van der Waals surface area contributed by atoms with Crippen molar-refractivity contribution in [3.63, 3.8) is 0 Å². The number of rotatable bonds is 3. The average Bonchev–Trinajstić information content (AvgIpc) is 3.08. The fraction of sp³-hybridized carbons (Fsp3) is 0.467. The highest BCUT2D eigenvalue weighted by molar-refractivity contribution is 5.92. The van der Waals surface area contributed by atoms with Crippen molar-refractivity contribution in [3.05, 3.63) is 29.8 Å². The second-order valence-electron chi connectivity index (χ2n) is 5.84. The Kier molecular flexibility index (Phi) is 2.92.